The van der Waals surface area contributed by atoms with Crippen LogP contribution in [0, 0.1) is 0 Å². The van der Waals surface area contributed by atoms with Crippen LogP contribution in [0.1, 0.15) is 18.0 Å². The van der Waals surface area contributed by atoms with Gasteiger partial charge in [-0.15, -0.1) is 0 Å². The van der Waals surface area contributed by atoms with Gasteiger partial charge in [-0.3, -0.25) is 11.3 Å². The maximum absolute atomic E-state index is 12.0. The minimum Gasteiger partial charge on any atom is -0.497 e. The third-order valence-electron chi connectivity index (χ3n) is 2.79. The molecule has 0 radical (unpaired) electrons. The summed E-state index contributed by atoms with van der Waals surface area (Å²) in [5.41, 5.74) is 3.29. The Hall–Kier alpha value is -1.51. The van der Waals surface area contributed by atoms with Crippen LogP contribution < -0.4 is 20.7 Å². The number of hydrogen-bond donors (Lipinski definition) is 2. The van der Waals surface area contributed by atoms with E-state index < -0.39 is 12.8 Å². The van der Waals surface area contributed by atoms with Crippen molar-refractivity contribution in [3.8, 4) is 11.5 Å². The molecule has 0 aliphatic carbocycles. The van der Waals surface area contributed by atoms with Crippen molar-refractivity contribution in [3.63, 3.8) is 0 Å². The molecule has 21 heavy (non-hydrogen) atoms. The van der Waals surface area contributed by atoms with Crippen molar-refractivity contribution in [2.75, 3.05) is 27.4 Å². The second-order valence-electron chi connectivity index (χ2n) is 4.32. The second-order valence-corrected chi connectivity index (χ2v) is 4.32. The lowest BCUT2D eigenvalue weighted by atomic mass is 10.0. The maximum Gasteiger partial charge on any atom is 0.411 e. The Kier molecular flexibility index (Phi) is 6.73. The Labute approximate surface area is 121 Å². The van der Waals surface area contributed by atoms with Crippen LogP contribution >= 0.6 is 0 Å². The smallest absolute Gasteiger partial charge is 0.411 e. The van der Waals surface area contributed by atoms with Crippen LogP contribution in [0.25, 0.3) is 0 Å². The Balaban J connectivity index is 2.67. The first kappa shape index (κ1) is 17.5. The van der Waals surface area contributed by atoms with E-state index in [1.807, 2.05) is 0 Å². The largest absolute Gasteiger partial charge is 0.497 e. The van der Waals surface area contributed by atoms with Crippen LogP contribution in [0.4, 0.5) is 13.2 Å². The standard InChI is InChI=1S/C13H19F3N2O3/c1-19-10-5-9(6-11(7-10)20-2)12(18-17)3-4-21-8-13(14,15)16/h5-7,12,18H,3-4,8,17H2,1-2H3. The quantitative estimate of drug-likeness (QED) is 0.438. The van der Waals surface area contributed by atoms with Gasteiger partial charge in [0.05, 0.1) is 14.2 Å². The number of rotatable bonds is 8. The van der Waals surface area contributed by atoms with Gasteiger partial charge in [-0.25, -0.2) is 0 Å². The number of methoxy groups -OCH3 is 2. The summed E-state index contributed by atoms with van der Waals surface area (Å²) >= 11 is 0. The van der Waals surface area contributed by atoms with Gasteiger partial charge in [0, 0.05) is 18.7 Å². The summed E-state index contributed by atoms with van der Waals surface area (Å²) in [6.45, 7) is -1.35. The molecule has 1 unspecified atom stereocenters. The molecule has 5 nitrogen and oxygen atoms in total. The summed E-state index contributed by atoms with van der Waals surface area (Å²) in [5, 5.41) is 0. The first-order valence-electron chi connectivity index (χ1n) is 6.23. The number of ether oxygens (including phenoxy) is 3. The van der Waals surface area contributed by atoms with Gasteiger partial charge in [-0.1, -0.05) is 0 Å². The molecule has 120 valence electrons. The van der Waals surface area contributed by atoms with Crippen molar-refractivity contribution in [2.45, 2.75) is 18.6 Å². The SMILES string of the molecule is COc1cc(OC)cc(C(CCOCC(F)(F)F)NN)c1. The van der Waals surface area contributed by atoms with Crippen molar-refractivity contribution in [1.82, 2.24) is 5.43 Å². The van der Waals surface area contributed by atoms with E-state index in [4.69, 9.17) is 15.3 Å². The minimum absolute atomic E-state index is 0.0755. The van der Waals surface area contributed by atoms with Crippen LogP contribution in [-0.4, -0.2) is 33.6 Å². The summed E-state index contributed by atoms with van der Waals surface area (Å²) in [6, 6.07) is 4.78. The zero-order valence-electron chi connectivity index (χ0n) is 11.9. The fourth-order valence-electron chi connectivity index (χ4n) is 1.77. The van der Waals surface area contributed by atoms with Gasteiger partial charge >= 0.3 is 6.18 Å². The van der Waals surface area contributed by atoms with Gasteiger partial charge in [0.15, 0.2) is 0 Å². The number of benzene rings is 1. The topological polar surface area (TPSA) is 65.7 Å². The monoisotopic (exact) mass is 308 g/mol. The lowest BCUT2D eigenvalue weighted by Crippen LogP contribution is -2.29. The Morgan fingerprint density at radius 2 is 1.71 bits per heavy atom. The fourth-order valence-corrected chi connectivity index (χ4v) is 1.77. The molecule has 3 N–H and O–H groups in total. The molecule has 0 amide bonds. The van der Waals surface area contributed by atoms with Crippen molar-refractivity contribution in [1.29, 1.82) is 0 Å². The van der Waals surface area contributed by atoms with Gasteiger partial charge in [0.2, 0.25) is 0 Å². The van der Waals surface area contributed by atoms with E-state index in [1.54, 1.807) is 18.2 Å². The summed E-state index contributed by atoms with van der Waals surface area (Å²) in [7, 11) is 3.02. The fraction of sp³-hybridized carbons (Fsp3) is 0.538. The van der Waals surface area contributed by atoms with E-state index in [0.29, 0.717) is 11.5 Å². The molecule has 8 heteroatoms. The summed E-state index contributed by atoms with van der Waals surface area (Å²) in [6.07, 6.45) is -4.05. The molecule has 1 atom stereocenters. The van der Waals surface area contributed by atoms with E-state index in [-0.39, 0.29) is 19.1 Å². The van der Waals surface area contributed by atoms with Crippen LogP contribution in [0.3, 0.4) is 0 Å². The molecular formula is C13H19F3N2O3. The highest BCUT2D eigenvalue weighted by atomic mass is 19.4. The van der Waals surface area contributed by atoms with E-state index in [1.165, 1.54) is 14.2 Å². The minimum atomic E-state index is -4.33. The van der Waals surface area contributed by atoms with Gasteiger partial charge in [0.25, 0.3) is 0 Å². The molecule has 1 rings (SSSR count). The van der Waals surface area contributed by atoms with Crippen LogP contribution in [0.2, 0.25) is 0 Å². The van der Waals surface area contributed by atoms with E-state index in [2.05, 4.69) is 10.2 Å². The van der Waals surface area contributed by atoms with Crippen molar-refractivity contribution in [2.24, 2.45) is 5.84 Å². The number of hydrazine groups is 1. The predicted octanol–water partition coefficient (Wildman–Crippen LogP) is 2.18. The molecule has 0 spiro atoms. The average molecular weight is 308 g/mol. The van der Waals surface area contributed by atoms with Crippen molar-refractivity contribution in [3.05, 3.63) is 23.8 Å². The zero-order valence-corrected chi connectivity index (χ0v) is 11.9. The lowest BCUT2D eigenvalue weighted by Gasteiger charge is -2.18. The predicted molar refractivity (Wildman–Crippen MR) is 71.1 cm³/mol. The Bertz CT molecular complexity index is 419. The van der Waals surface area contributed by atoms with Crippen LogP contribution in [0.15, 0.2) is 18.2 Å². The molecular weight excluding hydrogens is 289 g/mol. The molecule has 0 aliphatic rings. The zero-order chi connectivity index (χ0) is 15.9. The number of nitrogens with one attached hydrogen (secondary N) is 1. The number of nitrogens with two attached hydrogens (primary N) is 1. The van der Waals surface area contributed by atoms with Gasteiger partial charge in [-0.2, -0.15) is 13.2 Å². The highest BCUT2D eigenvalue weighted by Crippen LogP contribution is 2.27. The Morgan fingerprint density at radius 1 is 1.14 bits per heavy atom. The molecule has 0 aromatic heterocycles. The summed E-state index contributed by atoms with van der Waals surface area (Å²) < 4.78 is 50.8. The summed E-state index contributed by atoms with van der Waals surface area (Å²) in [4.78, 5) is 0. The highest BCUT2D eigenvalue weighted by molar-refractivity contribution is 5.39. The molecule has 0 fully saturated rings. The van der Waals surface area contributed by atoms with Crippen molar-refractivity contribution >= 4 is 0 Å². The van der Waals surface area contributed by atoms with E-state index in [0.717, 1.165) is 5.56 Å². The molecule has 0 aliphatic heterocycles. The first-order valence-corrected chi connectivity index (χ1v) is 6.23. The number of halogens is 3. The van der Waals surface area contributed by atoms with Gasteiger partial charge in [-0.05, 0) is 24.1 Å². The molecule has 0 bridgehead atoms. The number of alkyl halides is 3. The highest BCUT2D eigenvalue weighted by Gasteiger charge is 2.27. The van der Waals surface area contributed by atoms with Crippen LogP contribution in [0.5, 0.6) is 11.5 Å². The first-order chi connectivity index (χ1) is 9.89. The third-order valence-corrected chi connectivity index (χ3v) is 2.79. The average Bonchev–Trinajstić information content (AvgIpc) is 2.45. The number of hydrogen-bond acceptors (Lipinski definition) is 5. The van der Waals surface area contributed by atoms with Crippen LogP contribution in [-0.2, 0) is 4.74 Å². The molecule has 0 saturated heterocycles. The Morgan fingerprint density at radius 3 is 2.14 bits per heavy atom. The third kappa shape index (κ3) is 6.19. The van der Waals surface area contributed by atoms with Crippen molar-refractivity contribution < 1.29 is 27.4 Å². The van der Waals surface area contributed by atoms with Gasteiger partial charge < -0.3 is 14.2 Å². The maximum atomic E-state index is 12.0. The molecule has 0 heterocycles. The normalized spacial score (nSPS) is 13.0. The van der Waals surface area contributed by atoms with Gasteiger partial charge in [0.1, 0.15) is 18.1 Å². The second kappa shape index (κ2) is 8.06. The van der Waals surface area contributed by atoms with E-state index >= 15 is 0 Å². The molecule has 1 aromatic carbocycles. The molecule has 0 saturated carbocycles. The summed E-state index contributed by atoms with van der Waals surface area (Å²) in [5.74, 6) is 6.59. The molecule has 1 aromatic rings. The lowest BCUT2D eigenvalue weighted by molar-refractivity contribution is -0.174. The van der Waals surface area contributed by atoms with E-state index in [9.17, 15) is 13.2 Å².